The van der Waals surface area contributed by atoms with Crippen LogP contribution in [-0.2, 0) is 4.79 Å². The van der Waals surface area contributed by atoms with Gasteiger partial charge in [0.2, 0.25) is 0 Å². The van der Waals surface area contributed by atoms with Crippen LogP contribution in [0.5, 0.6) is 0 Å². The van der Waals surface area contributed by atoms with Crippen LogP contribution < -0.4 is 5.11 Å². The van der Waals surface area contributed by atoms with Crippen LogP contribution in [0.15, 0.2) is 0 Å². The lowest BCUT2D eigenvalue weighted by molar-refractivity contribution is -0.311. The van der Waals surface area contributed by atoms with Crippen molar-refractivity contribution in [1.29, 1.82) is 0 Å². The molecule has 0 saturated heterocycles. The van der Waals surface area contributed by atoms with Crippen molar-refractivity contribution in [2.75, 3.05) is 0 Å². The van der Waals surface area contributed by atoms with E-state index in [1.54, 1.807) is 0 Å². The zero-order valence-corrected chi connectivity index (χ0v) is 12.7. The molecule has 2 fully saturated rings. The highest BCUT2D eigenvalue weighted by Gasteiger charge is 2.57. The number of hydrogen-bond donors (Lipinski definition) is 1. The van der Waals surface area contributed by atoms with Gasteiger partial charge in [0, 0.05) is 5.97 Å². The minimum Gasteiger partial charge on any atom is -0.550 e. The van der Waals surface area contributed by atoms with E-state index in [1.165, 1.54) is 6.42 Å². The Morgan fingerprint density at radius 2 is 1.84 bits per heavy atom. The van der Waals surface area contributed by atoms with Gasteiger partial charge in [-0.2, -0.15) is 0 Å². The molecule has 0 heterocycles. The SMILES string of the molecule is CC1(C)CCC[C@@]2(C)[C@@H]1CC[C@@](C)(O)[C@@H]2CC(=O)[O-]. The van der Waals surface area contributed by atoms with Crippen molar-refractivity contribution in [3.05, 3.63) is 0 Å². The molecule has 0 aromatic carbocycles. The van der Waals surface area contributed by atoms with Gasteiger partial charge in [0.05, 0.1) is 5.60 Å². The van der Waals surface area contributed by atoms with E-state index in [9.17, 15) is 15.0 Å². The van der Waals surface area contributed by atoms with Crippen LogP contribution in [0.4, 0.5) is 0 Å². The van der Waals surface area contributed by atoms with Gasteiger partial charge in [0.25, 0.3) is 0 Å². The summed E-state index contributed by atoms with van der Waals surface area (Å²) in [5.41, 5.74) is -0.712. The van der Waals surface area contributed by atoms with E-state index < -0.39 is 11.6 Å². The molecule has 0 aromatic rings. The second-order valence-electron chi connectivity index (χ2n) is 7.93. The molecule has 2 aliphatic rings. The van der Waals surface area contributed by atoms with Crippen LogP contribution in [0.25, 0.3) is 0 Å². The molecule has 2 saturated carbocycles. The maximum Gasteiger partial charge on any atom is 0.0656 e. The number of fused-ring (bicyclic) bond motifs is 1. The van der Waals surface area contributed by atoms with E-state index in [1.807, 2.05) is 6.92 Å². The molecule has 0 spiro atoms. The molecular formula is C16H27O3-. The molecule has 2 rings (SSSR count). The average molecular weight is 267 g/mol. The minimum absolute atomic E-state index is 0.0178. The highest BCUT2D eigenvalue weighted by molar-refractivity contribution is 5.65. The topological polar surface area (TPSA) is 60.4 Å². The Hall–Kier alpha value is -0.570. The van der Waals surface area contributed by atoms with Gasteiger partial charge in [-0.05, 0) is 61.7 Å². The summed E-state index contributed by atoms with van der Waals surface area (Å²) in [6.45, 7) is 8.60. The first-order valence-electron chi connectivity index (χ1n) is 7.52. The Bertz CT molecular complexity index is 372. The van der Waals surface area contributed by atoms with Gasteiger partial charge in [-0.15, -0.1) is 0 Å². The molecule has 0 unspecified atom stereocenters. The quantitative estimate of drug-likeness (QED) is 0.833. The van der Waals surface area contributed by atoms with Gasteiger partial charge in [0.1, 0.15) is 0 Å². The maximum atomic E-state index is 11.1. The predicted molar refractivity (Wildman–Crippen MR) is 72.2 cm³/mol. The van der Waals surface area contributed by atoms with Crippen molar-refractivity contribution in [1.82, 2.24) is 0 Å². The number of carboxylic acid groups (broad SMARTS) is 1. The third kappa shape index (κ3) is 2.42. The summed E-state index contributed by atoms with van der Waals surface area (Å²) in [5.74, 6) is -0.725. The van der Waals surface area contributed by atoms with E-state index >= 15 is 0 Å². The van der Waals surface area contributed by atoms with Crippen molar-refractivity contribution >= 4 is 5.97 Å². The second-order valence-corrected chi connectivity index (χ2v) is 7.93. The van der Waals surface area contributed by atoms with Crippen LogP contribution in [0.2, 0.25) is 0 Å². The summed E-state index contributed by atoms with van der Waals surface area (Å²) >= 11 is 0. The molecular weight excluding hydrogens is 240 g/mol. The molecule has 3 nitrogen and oxygen atoms in total. The zero-order valence-electron chi connectivity index (χ0n) is 12.7. The molecule has 2 aliphatic carbocycles. The normalized spacial score (nSPS) is 45.5. The fourth-order valence-corrected chi connectivity index (χ4v) is 5.24. The van der Waals surface area contributed by atoms with E-state index in [-0.39, 0.29) is 23.2 Å². The molecule has 19 heavy (non-hydrogen) atoms. The van der Waals surface area contributed by atoms with Gasteiger partial charge in [-0.1, -0.05) is 27.2 Å². The Balaban J connectivity index is 2.38. The first kappa shape index (κ1) is 14.8. The molecule has 0 radical (unpaired) electrons. The Kier molecular flexibility index (Phi) is 3.49. The fraction of sp³-hybridized carbons (Fsp3) is 0.938. The van der Waals surface area contributed by atoms with E-state index in [4.69, 9.17) is 0 Å². The maximum absolute atomic E-state index is 11.1. The Morgan fingerprint density at radius 1 is 1.21 bits per heavy atom. The molecule has 1 N–H and O–H groups in total. The largest absolute Gasteiger partial charge is 0.550 e. The number of carbonyl (C=O) groups is 1. The summed E-state index contributed by atoms with van der Waals surface area (Å²) in [6.07, 6.45) is 5.03. The van der Waals surface area contributed by atoms with E-state index in [2.05, 4.69) is 20.8 Å². The molecule has 0 aromatic heterocycles. The Morgan fingerprint density at radius 3 is 2.42 bits per heavy atom. The smallest absolute Gasteiger partial charge is 0.0656 e. The molecule has 0 bridgehead atoms. The Labute approximate surface area is 116 Å². The third-order valence-corrected chi connectivity index (χ3v) is 6.13. The van der Waals surface area contributed by atoms with Crippen molar-refractivity contribution in [3.63, 3.8) is 0 Å². The van der Waals surface area contributed by atoms with Crippen LogP contribution in [-0.4, -0.2) is 16.7 Å². The lowest BCUT2D eigenvalue weighted by atomic mass is 9.45. The standard InChI is InChI=1S/C16H28O3/c1-14(2)7-5-8-15(3)11(14)6-9-16(4,19)12(15)10-13(17)18/h11-12,19H,5-10H2,1-4H3,(H,17,18)/p-1/t11-,12-,15+,16-/m1/s1. The lowest BCUT2D eigenvalue weighted by Crippen LogP contribution is -2.58. The second kappa shape index (κ2) is 4.47. The van der Waals surface area contributed by atoms with Crippen LogP contribution >= 0.6 is 0 Å². The summed E-state index contributed by atoms with van der Waals surface area (Å²) in [7, 11) is 0. The highest BCUT2D eigenvalue weighted by Crippen LogP contribution is 2.62. The molecule has 4 atom stereocenters. The van der Waals surface area contributed by atoms with Gasteiger partial charge in [0.15, 0.2) is 0 Å². The summed E-state index contributed by atoms with van der Waals surface area (Å²) in [5, 5.41) is 21.8. The minimum atomic E-state index is -1.03. The number of hydrogen-bond acceptors (Lipinski definition) is 3. The van der Waals surface area contributed by atoms with Crippen LogP contribution in [0.3, 0.4) is 0 Å². The van der Waals surface area contributed by atoms with Crippen molar-refractivity contribution in [2.24, 2.45) is 22.7 Å². The van der Waals surface area contributed by atoms with Gasteiger partial charge in [-0.3, -0.25) is 0 Å². The lowest BCUT2D eigenvalue weighted by Gasteiger charge is -2.61. The third-order valence-electron chi connectivity index (χ3n) is 6.13. The van der Waals surface area contributed by atoms with E-state index in [0.717, 1.165) is 19.3 Å². The number of rotatable bonds is 2. The van der Waals surface area contributed by atoms with Crippen molar-refractivity contribution < 1.29 is 15.0 Å². The van der Waals surface area contributed by atoms with Crippen molar-refractivity contribution in [2.45, 2.75) is 71.8 Å². The predicted octanol–water partition coefficient (Wildman–Crippen LogP) is 2.12. The van der Waals surface area contributed by atoms with Gasteiger partial charge >= 0.3 is 0 Å². The summed E-state index contributed by atoms with van der Waals surface area (Å²) < 4.78 is 0. The van der Waals surface area contributed by atoms with Crippen LogP contribution in [0.1, 0.15) is 66.2 Å². The first-order valence-corrected chi connectivity index (χ1v) is 7.52. The molecule has 0 aliphatic heterocycles. The number of carboxylic acids is 1. The van der Waals surface area contributed by atoms with Gasteiger partial charge < -0.3 is 15.0 Å². The summed E-state index contributed by atoms with van der Waals surface area (Å²) in [4.78, 5) is 11.1. The first-order chi connectivity index (χ1) is 8.59. The van der Waals surface area contributed by atoms with Crippen LogP contribution in [0, 0.1) is 22.7 Å². The summed E-state index contributed by atoms with van der Waals surface area (Å²) in [6, 6.07) is 0. The number of aliphatic carboxylic acids is 1. The molecule has 110 valence electrons. The van der Waals surface area contributed by atoms with Crippen molar-refractivity contribution in [3.8, 4) is 0 Å². The number of carbonyl (C=O) groups excluding carboxylic acids is 1. The molecule has 0 amide bonds. The van der Waals surface area contributed by atoms with E-state index in [0.29, 0.717) is 12.3 Å². The van der Waals surface area contributed by atoms with Gasteiger partial charge in [-0.25, -0.2) is 0 Å². The monoisotopic (exact) mass is 267 g/mol. The fourth-order valence-electron chi connectivity index (χ4n) is 5.24. The highest BCUT2D eigenvalue weighted by atomic mass is 16.4. The average Bonchev–Trinajstić information content (AvgIpc) is 2.22. The number of aliphatic hydroxyl groups is 1. The zero-order chi connectivity index (χ0) is 14.5. The molecule has 3 heteroatoms.